The largest absolute Gasteiger partial charge is 0.343 e. The van der Waals surface area contributed by atoms with Crippen molar-refractivity contribution in [3.63, 3.8) is 0 Å². The van der Waals surface area contributed by atoms with Crippen molar-refractivity contribution in [2.24, 2.45) is 0 Å². The third kappa shape index (κ3) is 4.40. The first kappa shape index (κ1) is 17.9. The van der Waals surface area contributed by atoms with E-state index < -0.39 is 6.04 Å². The molecule has 1 unspecified atom stereocenters. The van der Waals surface area contributed by atoms with Gasteiger partial charge in [0.25, 0.3) is 0 Å². The predicted molar refractivity (Wildman–Crippen MR) is 98.8 cm³/mol. The lowest BCUT2D eigenvalue weighted by Crippen LogP contribution is -2.27. The Morgan fingerprint density at radius 2 is 2.04 bits per heavy atom. The Labute approximate surface area is 157 Å². The van der Waals surface area contributed by atoms with E-state index >= 15 is 0 Å². The molecular formula is C18H15BrFN5O. The van der Waals surface area contributed by atoms with E-state index in [1.807, 2.05) is 24.3 Å². The highest BCUT2D eigenvalue weighted by Crippen LogP contribution is 2.18. The highest BCUT2D eigenvalue weighted by Gasteiger charge is 2.17. The highest BCUT2D eigenvalue weighted by molar-refractivity contribution is 9.10. The fourth-order valence-electron chi connectivity index (χ4n) is 2.33. The van der Waals surface area contributed by atoms with Crippen LogP contribution in [0.15, 0.2) is 59.1 Å². The number of carbonyl (C=O) groups is 1. The molecule has 0 aliphatic carbocycles. The number of hydrogen-bond donors (Lipinski definition) is 1. The number of carbonyl (C=O) groups excluding carboxylic acids is 1. The van der Waals surface area contributed by atoms with Gasteiger partial charge in [0.2, 0.25) is 5.91 Å². The van der Waals surface area contributed by atoms with Gasteiger partial charge >= 0.3 is 0 Å². The normalized spacial score (nSPS) is 12.3. The van der Waals surface area contributed by atoms with Crippen LogP contribution in [0.25, 0.3) is 11.8 Å². The van der Waals surface area contributed by atoms with Crippen LogP contribution < -0.4 is 5.32 Å². The number of nitrogens with zero attached hydrogens (tertiary/aromatic N) is 4. The highest BCUT2D eigenvalue weighted by atomic mass is 79.9. The number of aromatic nitrogens is 4. The van der Waals surface area contributed by atoms with Crippen LogP contribution in [0, 0.1) is 5.82 Å². The molecule has 0 spiro atoms. The van der Waals surface area contributed by atoms with E-state index in [2.05, 4.69) is 36.8 Å². The minimum Gasteiger partial charge on any atom is -0.343 e. The number of hydrogen-bond acceptors (Lipinski definition) is 4. The summed E-state index contributed by atoms with van der Waals surface area (Å²) >= 11 is 3.41. The summed E-state index contributed by atoms with van der Waals surface area (Å²) in [6.45, 7) is 1.80. The van der Waals surface area contributed by atoms with Crippen LogP contribution in [0.2, 0.25) is 0 Å². The van der Waals surface area contributed by atoms with Gasteiger partial charge in [-0.1, -0.05) is 34.1 Å². The third-order valence-corrected chi connectivity index (χ3v) is 4.08. The zero-order chi connectivity index (χ0) is 18.5. The summed E-state index contributed by atoms with van der Waals surface area (Å²) in [5.74, 6) is -0.114. The Morgan fingerprint density at radius 3 is 2.77 bits per heavy atom. The molecule has 3 aromatic rings. The molecule has 1 heterocycles. The Morgan fingerprint density at radius 1 is 1.27 bits per heavy atom. The molecular weight excluding hydrogens is 401 g/mol. The minimum absolute atomic E-state index is 0.300. The van der Waals surface area contributed by atoms with Gasteiger partial charge in [-0.3, -0.25) is 4.79 Å². The number of nitrogens with one attached hydrogen (secondary N) is 1. The van der Waals surface area contributed by atoms with Crippen LogP contribution in [-0.2, 0) is 4.79 Å². The van der Waals surface area contributed by atoms with Gasteiger partial charge in [-0.15, -0.1) is 5.10 Å². The summed E-state index contributed by atoms with van der Waals surface area (Å²) < 4.78 is 15.4. The molecule has 2 aromatic carbocycles. The lowest BCUT2D eigenvalue weighted by molar-refractivity contribution is -0.117. The quantitative estimate of drug-likeness (QED) is 0.647. The summed E-state index contributed by atoms with van der Waals surface area (Å²) in [5.41, 5.74) is 1.51. The van der Waals surface area contributed by atoms with Crippen LogP contribution in [0.4, 0.5) is 4.39 Å². The zero-order valence-electron chi connectivity index (χ0n) is 13.8. The number of halogens is 2. The van der Waals surface area contributed by atoms with E-state index in [9.17, 15) is 9.18 Å². The van der Waals surface area contributed by atoms with E-state index in [4.69, 9.17) is 0 Å². The van der Waals surface area contributed by atoms with Gasteiger partial charge in [0.1, 0.15) is 5.82 Å². The standard InChI is InChI=1S/C18H15BrFN5O/c1-12(21-17(26)10-7-13-5-8-15(20)9-6-13)18-22-23-24-25(18)16-4-2-3-14(19)11-16/h2-12H,1H3,(H,21,26)/b10-7+. The first-order chi connectivity index (χ1) is 12.5. The maximum Gasteiger partial charge on any atom is 0.244 e. The monoisotopic (exact) mass is 415 g/mol. The first-order valence-electron chi connectivity index (χ1n) is 7.81. The molecule has 6 nitrogen and oxygen atoms in total. The molecule has 0 saturated carbocycles. The van der Waals surface area contributed by atoms with Crippen molar-refractivity contribution >= 4 is 27.9 Å². The van der Waals surface area contributed by atoms with E-state index in [-0.39, 0.29) is 11.7 Å². The fourth-order valence-corrected chi connectivity index (χ4v) is 2.71. The van der Waals surface area contributed by atoms with E-state index in [1.54, 1.807) is 29.8 Å². The number of benzene rings is 2. The van der Waals surface area contributed by atoms with Gasteiger partial charge in [0.15, 0.2) is 5.82 Å². The molecule has 0 aliphatic rings. The van der Waals surface area contributed by atoms with E-state index in [1.165, 1.54) is 18.2 Å². The van der Waals surface area contributed by atoms with Crippen molar-refractivity contribution in [1.82, 2.24) is 25.5 Å². The van der Waals surface area contributed by atoms with Crippen molar-refractivity contribution in [2.45, 2.75) is 13.0 Å². The second-order valence-electron chi connectivity index (χ2n) is 5.54. The maximum absolute atomic E-state index is 12.9. The summed E-state index contributed by atoms with van der Waals surface area (Å²) in [4.78, 5) is 12.1. The second kappa shape index (κ2) is 8.01. The van der Waals surface area contributed by atoms with Crippen LogP contribution >= 0.6 is 15.9 Å². The lowest BCUT2D eigenvalue weighted by atomic mass is 10.2. The van der Waals surface area contributed by atoms with Crippen molar-refractivity contribution in [3.8, 4) is 5.69 Å². The number of amides is 1. The fraction of sp³-hybridized carbons (Fsp3) is 0.111. The topological polar surface area (TPSA) is 72.7 Å². The van der Waals surface area contributed by atoms with Gasteiger partial charge in [-0.25, -0.2) is 4.39 Å². The summed E-state index contributed by atoms with van der Waals surface area (Å²) in [7, 11) is 0. The number of tetrazole rings is 1. The summed E-state index contributed by atoms with van der Waals surface area (Å²) in [6.07, 6.45) is 3.00. The summed E-state index contributed by atoms with van der Waals surface area (Å²) in [5, 5.41) is 14.5. The minimum atomic E-state index is -0.408. The van der Waals surface area contributed by atoms with Crippen molar-refractivity contribution in [1.29, 1.82) is 0 Å². The molecule has 1 atom stereocenters. The van der Waals surface area contributed by atoms with Crippen molar-refractivity contribution < 1.29 is 9.18 Å². The van der Waals surface area contributed by atoms with Crippen LogP contribution in [0.5, 0.6) is 0 Å². The molecule has 0 aliphatic heterocycles. The molecule has 3 rings (SSSR count). The Hall–Kier alpha value is -2.87. The molecule has 0 radical (unpaired) electrons. The predicted octanol–water partition coefficient (Wildman–Crippen LogP) is 3.45. The first-order valence-corrected chi connectivity index (χ1v) is 8.60. The molecule has 26 heavy (non-hydrogen) atoms. The van der Waals surface area contributed by atoms with Crippen molar-refractivity contribution in [3.05, 3.63) is 76.3 Å². The average Bonchev–Trinajstić information content (AvgIpc) is 3.11. The molecule has 0 fully saturated rings. The molecule has 0 bridgehead atoms. The van der Waals surface area contributed by atoms with Crippen LogP contribution in [0.3, 0.4) is 0 Å². The van der Waals surface area contributed by atoms with Crippen molar-refractivity contribution in [2.75, 3.05) is 0 Å². The smallest absolute Gasteiger partial charge is 0.244 e. The Balaban J connectivity index is 1.70. The van der Waals surface area contributed by atoms with Crippen LogP contribution in [0.1, 0.15) is 24.4 Å². The average molecular weight is 416 g/mol. The molecule has 1 amide bonds. The molecule has 1 N–H and O–H groups in total. The van der Waals surface area contributed by atoms with Gasteiger partial charge in [-0.2, -0.15) is 4.68 Å². The van der Waals surface area contributed by atoms with Crippen LogP contribution in [-0.4, -0.2) is 26.1 Å². The lowest BCUT2D eigenvalue weighted by Gasteiger charge is -2.12. The second-order valence-corrected chi connectivity index (χ2v) is 6.46. The number of rotatable bonds is 5. The molecule has 8 heteroatoms. The SMILES string of the molecule is CC(NC(=O)/C=C/c1ccc(F)cc1)c1nnnn1-c1cccc(Br)c1. The van der Waals surface area contributed by atoms with Gasteiger partial charge in [-0.05, 0) is 59.3 Å². The molecule has 0 saturated heterocycles. The third-order valence-electron chi connectivity index (χ3n) is 3.59. The maximum atomic E-state index is 12.9. The molecule has 1 aromatic heterocycles. The molecule has 132 valence electrons. The van der Waals surface area contributed by atoms with Gasteiger partial charge < -0.3 is 5.32 Å². The zero-order valence-corrected chi connectivity index (χ0v) is 15.4. The van der Waals surface area contributed by atoms with Gasteiger partial charge in [0.05, 0.1) is 11.7 Å². The van der Waals surface area contributed by atoms with E-state index in [0.717, 1.165) is 15.7 Å². The van der Waals surface area contributed by atoms with Gasteiger partial charge in [0, 0.05) is 10.5 Å². The Kier molecular flexibility index (Phi) is 5.52. The summed E-state index contributed by atoms with van der Waals surface area (Å²) in [6, 6.07) is 13.0. The van der Waals surface area contributed by atoms with E-state index in [0.29, 0.717) is 5.82 Å². The Bertz CT molecular complexity index is 939.